The van der Waals surface area contributed by atoms with Crippen LogP contribution in [0.15, 0.2) is 36.4 Å². The van der Waals surface area contributed by atoms with Crippen LogP contribution in [-0.2, 0) is 20.7 Å². The highest BCUT2D eigenvalue weighted by atomic mass is 16.5. The zero-order chi connectivity index (χ0) is 16.0. The average Bonchev–Trinajstić information content (AvgIpc) is 3.16. The number of aryl methyl sites for hydroxylation is 1. The lowest BCUT2D eigenvalue weighted by Crippen LogP contribution is -2.44. The highest BCUT2D eigenvalue weighted by Crippen LogP contribution is 2.40. The molecule has 0 spiro atoms. The topological polar surface area (TPSA) is 75.6 Å². The molecule has 1 amide bonds. The Balaban J connectivity index is 1.55. The summed E-state index contributed by atoms with van der Waals surface area (Å²) in [5, 5.41) is 12.5. The first-order chi connectivity index (χ1) is 11.1. The Morgan fingerprint density at radius 2 is 1.87 bits per heavy atom. The van der Waals surface area contributed by atoms with Crippen molar-refractivity contribution in [2.24, 2.45) is 11.8 Å². The van der Waals surface area contributed by atoms with Crippen molar-refractivity contribution in [3.63, 3.8) is 0 Å². The molecule has 0 saturated carbocycles. The predicted molar refractivity (Wildman–Crippen MR) is 82.7 cm³/mol. The predicted octanol–water partition coefficient (Wildman–Crippen LogP) is 1.83. The number of ether oxygens (including phenoxy) is 1. The first kappa shape index (κ1) is 14.5. The molecule has 1 saturated heterocycles. The Morgan fingerprint density at radius 1 is 1.13 bits per heavy atom. The number of fused-ring (bicyclic) bond motifs is 3. The fourth-order valence-electron chi connectivity index (χ4n) is 4.09. The molecule has 1 aromatic rings. The van der Waals surface area contributed by atoms with Crippen LogP contribution < -0.4 is 5.32 Å². The standard InChI is InChI=1S/C18H19NO4/c20-17(15-13-8-9-14(23-13)16(15)18(21)22)19-12-7-3-5-10-4-1-2-6-11(10)12/h1-2,4,6,8-9,12-16H,3,5,7H2,(H,19,20)(H,21,22)/t12-,13-,14+,15+,16+/m1/s1. The van der Waals surface area contributed by atoms with Crippen molar-refractivity contribution in [2.45, 2.75) is 37.5 Å². The van der Waals surface area contributed by atoms with E-state index >= 15 is 0 Å². The van der Waals surface area contributed by atoms with Crippen molar-refractivity contribution < 1.29 is 19.4 Å². The van der Waals surface area contributed by atoms with Gasteiger partial charge in [-0.2, -0.15) is 0 Å². The molecule has 5 nitrogen and oxygen atoms in total. The fourth-order valence-corrected chi connectivity index (χ4v) is 4.09. The summed E-state index contributed by atoms with van der Waals surface area (Å²) in [6.45, 7) is 0. The number of carbonyl (C=O) groups excluding carboxylic acids is 1. The maximum Gasteiger partial charge on any atom is 0.310 e. The van der Waals surface area contributed by atoms with Gasteiger partial charge in [0, 0.05) is 0 Å². The quantitative estimate of drug-likeness (QED) is 0.835. The van der Waals surface area contributed by atoms with Crippen LogP contribution in [0, 0.1) is 11.8 Å². The van der Waals surface area contributed by atoms with E-state index in [2.05, 4.69) is 11.4 Å². The van der Waals surface area contributed by atoms with Gasteiger partial charge in [-0.3, -0.25) is 9.59 Å². The molecule has 120 valence electrons. The second kappa shape index (κ2) is 5.49. The summed E-state index contributed by atoms with van der Waals surface area (Å²) in [7, 11) is 0. The first-order valence-corrected chi connectivity index (χ1v) is 8.10. The summed E-state index contributed by atoms with van der Waals surface area (Å²) in [4.78, 5) is 24.2. The van der Waals surface area contributed by atoms with E-state index in [9.17, 15) is 14.7 Å². The van der Waals surface area contributed by atoms with E-state index in [0.29, 0.717) is 0 Å². The van der Waals surface area contributed by atoms with Gasteiger partial charge in [0.05, 0.1) is 24.2 Å². The third-order valence-corrected chi connectivity index (χ3v) is 5.17. The van der Waals surface area contributed by atoms with E-state index in [1.165, 1.54) is 5.56 Å². The molecule has 5 atom stereocenters. The van der Waals surface area contributed by atoms with Crippen LogP contribution in [-0.4, -0.2) is 29.2 Å². The van der Waals surface area contributed by atoms with Gasteiger partial charge in [0.25, 0.3) is 0 Å². The second-order valence-electron chi connectivity index (χ2n) is 6.49. The maximum absolute atomic E-state index is 12.7. The molecule has 4 rings (SSSR count). The number of aliphatic carboxylic acids is 1. The minimum Gasteiger partial charge on any atom is -0.481 e. The van der Waals surface area contributed by atoms with E-state index < -0.39 is 30.0 Å². The molecule has 0 unspecified atom stereocenters. The molecule has 23 heavy (non-hydrogen) atoms. The highest BCUT2D eigenvalue weighted by molar-refractivity contribution is 5.87. The molecule has 0 aromatic heterocycles. The van der Waals surface area contributed by atoms with Gasteiger partial charge in [0.15, 0.2) is 0 Å². The zero-order valence-corrected chi connectivity index (χ0v) is 12.6. The van der Waals surface area contributed by atoms with E-state index in [4.69, 9.17) is 4.74 Å². The average molecular weight is 313 g/mol. The Kier molecular flexibility index (Phi) is 3.45. The molecule has 5 heteroatoms. The van der Waals surface area contributed by atoms with Gasteiger partial charge in [0.2, 0.25) is 5.91 Å². The van der Waals surface area contributed by atoms with Gasteiger partial charge >= 0.3 is 5.97 Å². The van der Waals surface area contributed by atoms with Gasteiger partial charge in [-0.1, -0.05) is 36.4 Å². The van der Waals surface area contributed by atoms with Crippen LogP contribution in [0.2, 0.25) is 0 Å². The third kappa shape index (κ3) is 2.36. The van der Waals surface area contributed by atoms with Crippen LogP contribution in [0.1, 0.15) is 30.0 Å². The van der Waals surface area contributed by atoms with Crippen LogP contribution in [0.4, 0.5) is 0 Å². The van der Waals surface area contributed by atoms with E-state index in [1.54, 1.807) is 6.08 Å². The summed E-state index contributed by atoms with van der Waals surface area (Å²) in [6, 6.07) is 8.10. The molecule has 2 bridgehead atoms. The van der Waals surface area contributed by atoms with Crippen LogP contribution in [0.25, 0.3) is 0 Å². The van der Waals surface area contributed by atoms with Gasteiger partial charge in [-0.05, 0) is 30.4 Å². The van der Waals surface area contributed by atoms with E-state index in [0.717, 1.165) is 24.8 Å². The van der Waals surface area contributed by atoms with Crippen molar-refractivity contribution in [1.82, 2.24) is 5.32 Å². The van der Waals surface area contributed by atoms with Gasteiger partial charge in [0.1, 0.15) is 5.92 Å². The summed E-state index contributed by atoms with van der Waals surface area (Å²) >= 11 is 0. The van der Waals surface area contributed by atoms with E-state index in [1.807, 2.05) is 24.3 Å². The normalized spacial score (nSPS) is 34.2. The fraction of sp³-hybridized carbons (Fsp3) is 0.444. The number of carboxylic acids is 1. The minimum atomic E-state index is -0.967. The second-order valence-corrected chi connectivity index (χ2v) is 6.49. The molecule has 1 fully saturated rings. The Bertz CT molecular complexity index is 683. The first-order valence-electron chi connectivity index (χ1n) is 8.10. The monoisotopic (exact) mass is 313 g/mol. The highest BCUT2D eigenvalue weighted by Gasteiger charge is 2.53. The summed E-state index contributed by atoms with van der Waals surface area (Å²) in [6.07, 6.45) is 5.61. The number of amides is 1. The van der Waals surface area contributed by atoms with Gasteiger partial charge in [-0.15, -0.1) is 0 Å². The van der Waals surface area contributed by atoms with Crippen LogP contribution in [0.3, 0.4) is 0 Å². The summed E-state index contributed by atoms with van der Waals surface area (Å²) in [5.74, 6) is -2.61. The number of carboxylic acid groups (broad SMARTS) is 1. The zero-order valence-electron chi connectivity index (χ0n) is 12.6. The van der Waals surface area contributed by atoms with Gasteiger partial charge in [-0.25, -0.2) is 0 Å². The number of carbonyl (C=O) groups is 2. The molecular weight excluding hydrogens is 294 g/mol. The van der Waals surface area contributed by atoms with Crippen LogP contribution in [0.5, 0.6) is 0 Å². The smallest absolute Gasteiger partial charge is 0.310 e. The Labute approximate surface area is 134 Å². The molecular formula is C18H19NO4. The Hall–Kier alpha value is -2.14. The van der Waals surface area contributed by atoms with Crippen molar-refractivity contribution in [3.8, 4) is 0 Å². The lowest BCUT2D eigenvalue weighted by Gasteiger charge is -2.29. The number of nitrogens with one attached hydrogen (secondary N) is 1. The summed E-state index contributed by atoms with van der Waals surface area (Å²) in [5.41, 5.74) is 2.42. The molecule has 2 aliphatic heterocycles. The van der Waals surface area contributed by atoms with E-state index in [-0.39, 0.29) is 11.9 Å². The number of hydrogen-bond acceptors (Lipinski definition) is 3. The minimum absolute atomic E-state index is 0.0370. The molecule has 0 radical (unpaired) electrons. The molecule has 2 N–H and O–H groups in total. The summed E-state index contributed by atoms with van der Waals surface area (Å²) < 4.78 is 5.59. The maximum atomic E-state index is 12.7. The Morgan fingerprint density at radius 3 is 2.65 bits per heavy atom. The molecule has 3 aliphatic rings. The van der Waals surface area contributed by atoms with Crippen LogP contribution >= 0.6 is 0 Å². The molecule has 1 aromatic carbocycles. The third-order valence-electron chi connectivity index (χ3n) is 5.17. The number of benzene rings is 1. The lowest BCUT2D eigenvalue weighted by atomic mass is 9.81. The number of hydrogen-bond donors (Lipinski definition) is 2. The van der Waals surface area contributed by atoms with Crippen molar-refractivity contribution in [2.75, 3.05) is 0 Å². The SMILES string of the molecule is O=C(O)[C@@H]1[C@@H](C(=O)N[C@@H]2CCCc3ccccc32)[C@H]2C=C[C@@H]1O2. The number of rotatable bonds is 3. The molecule has 1 aliphatic carbocycles. The lowest BCUT2D eigenvalue weighted by molar-refractivity contribution is -0.146. The largest absolute Gasteiger partial charge is 0.481 e. The van der Waals surface area contributed by atoms with Crippen molar-refractivity contribution in [1.29, 1.82) is 0 Å². The van der Waals surface area contributed by atoms with Crippen molar-refractivity contribution in [3.05, 3.63) is 47.5 Å². The van der Waals surface area contributed by atoms with Gasteiger partial charge < -0.3 is 15.2 Å². The van der Waals surface area contributed by atoms with Crippen molar-refractivity contribution >= 4 is 11.9 Å². The molecule has 2 heterocycles.